The number of thiophene rings is 1. The molecule has 3 rings (SSSR count). The Balaban J connectivity index is 1.67. The van der Waals surface area contributed by atoms with Crippen molar-refractivity contribution in [3.63, 3.8) is 0 Å². The van der Waals surface area contributed by atoms with Crippen LogP contribution in [0.1, 0.15) is 35.5 Å². The van der Waals surface area contributed by atoms with Crippen LogP contribution in [0.4, 0.5) is 0 Å². The van der Waals surface area contributed by atoms with Crippen molar-refractivity contribution in [3.05, 3.63) is 40.6 Å². The van der Waals surface area contributed by atoms with Crippen molar-refractivity contribution >= 4 is 11.3 Å². The van der Waals surface area contributed by atoms with Gasteiger partial charge in [0.25, 0.3) is 0 Å². The van der Waals surface area contributed by atoms with Crippen LogP contribution in [0, 0.1) is 0 Å². The lowest BCUT2D eigenvalue weighted by Crippen LogP contribution is -2.33. The van der Waals surface area contributed by atoms with Gasteiger partial charge in [-0.25, -0.2) is 4.98 Å². The van der Waals surface area contributed by atoms with Gasteiger partial charge in [-0.3, -0.25) is 4.90 Å². The number of hydrogen-bond acceptors (Lipinski definition) is 4. The summed E-state index contributed by atoms with van der Waals surface area (Å²) < 4.78 is 2.32. The molecule has 2 aromatic rings. The highest BCUT2D eigenvalue weighted by Gasteiger charge is 2.28. The van der Waals surface area contributed by atoms with E-state index in [1.54, 1.807) is 0 Å². The normalized spacial score (nSPS) is 16.8. The minimum absolute atomic E-state index is 0.262. The molecule has 1 atom stereocenters. The van der Waals surface area contributed by atoms with E-state index in [4.69, 9.17) is 5.73 Å². The van der Waals surface area contributed by atoms with E-state index in [1.165, 1.54) is 23.4 Å². The van der Waals surface area contributed by atoms with Crippen LogP contribution in [-0.2, 0) is 6.42 Å². The van der Waals surface area contributed by atoms with E-state index in [-0.39, 0.29) is 6.04 Å². The summed E-state index contributed by atoms with van der Waals surface area (Å²) in [5, 5.41) is 2.14. The van der Waals surface area contributed by atoms with E-state index in [2.05, 4.69) is 39.0 Å². The van der Waals surface area contributed by atoms with E-state index < -0.39 is 0 Å². The predicted octanol–water partition coefficient (Wildman–Crippen LogP) is 2.45. The summed E-state index contributed by atoms with van der Waals surface area (Å²) in [5.41, 5.74) is 7.29. The minimum Gasteiger partial charge on any atom is -0.330 e. The summed E-state index contributed by atoms with van der Waals surface area (Å²) in [7, 11) is 2.16. The molecule has 5 heteroatoms. The first-order chi connectivity index (χ1) is 9.79. The molecule has 1 aliphatic rings. The van der Waals surface area contributed by atoms with Gasteiger partial charge in [-0.1, -0.05) is 6.07 Å². The Kier molecular flexibility index (Phi) is 4.19. The Labute approximate surface area is 124 Å². The molecule has 0 spiro atoms. The van der Waals surface area contributed by atoms with Gasteiger partial charge in [0.15, 0.2) is 0 Å². The molecule has 20 heavy (non-hydrogen) atoms. The van der Waals surface area contributed by atoms with E-state index in [0.29, 0.717) is 12.6 Å². The third-order valence-electron chi connectivity index (χ3n) is 4.02. The summed E-state index contributed by atoms with van der Waals surface area (Å²) in [4.78, 5) is 8.12. The quantitative estimate of drug-likeness (QED) is 0.852. The maximum atomic E-state index is 6.02. The first kappa shape index (κ1) is 13.8. The van der Waals surface area contributed by atoms with Gasteiger partial charge in [0.1, 0.15) is 0 Å². The first-order valence-electron chi connectivity index (χ1n) is 7.24. The van der Waals surface area contributed by atoms with Crippen LogP contribution in [0.25, 0.3) is 0 Å². The summed E-state index contributed by atoms with van der Waals surface area (Å²) in [5.74, 6) is 0. The number of hydrogen-bond donors (Lipinski definition) is 1. The Morgan fingerprint density at radius 2 is 2.40 bits per heavy atom. The Morgan fingerprint density at radius 3 is 3.05 bits per heavy atom. The molecule has 4 nitrogen and oxygen atoms in total. The fourth-order valence-corrected chi connectivity index (χ4v) is 3.35. The number of nitrogens with two attached hydrogens (primary N) is 1. The zero-order valence-corrected chi connectivity index (χ0v) is 12.7. The van der Waals surface area contributed by atoms with Crippen LogP contribution in [0.3, 0.4) is 0 Å². The smallest absolute Gasteiger partial charge is 0.0951 e. The van der Waals surface area contributed by atoms with Crippen molar-refractivity contribution in [1.82, 2.24) is 14.5 Å². The third kappa shape index (κ3) is 2.95. The summed E-state index contributed by atoms with van der Waals surface area (Å²) >= 11 is 1.82. The molecule has 0 saturated heterocycles. The molecule has 2 heterocycles. The van der Waals surface area contributed by atoms with Crippen LogP contribution in [0.15, 0.2) is 30.0 Å². The molecule has 0 amide bonds. The SMILES string of the molecule is CN(CCc1cccs1)C(CN)c1cncn1C1CC1. The fourth-order valence-electron chi connectivity index (χ4n) is 2.65. The second-order valence-corrected chi connectivity index (χ2v) is 6.55. The average molecular weight is 290 g/mol. The third-order valence-corrected chi connectivity index (χ3v) is 4.96. The maximum Gasteiger partial charge on any atom is 0.0951 e. The molecule has 0 aliphatic heterocycles. The minimum atomic E-state index is 0.262. The van der Waals surface area contributed by atoms with Crippen molar-refractivity contribution in [2.24, 2.45) is 5.73 Å². The lowest BCUT2D eigenvalue weighted by atomic mass is 10.1. The van der Waals surface area contributed by atoms with Crippen molar-refractivity contribution in [2.45, 2.75) is 31.3 Å². The highest BCUT2D eigenvalue weighted by Crippen LogP contribution is 2.37. The number of nitrogens with zero attached hydrogens (tertiary/aromatic N) is 3. The first-order valence-corrected chi connectivity index (χ1v) is 8.12. The van der Waals surface area contributed by atoms with Gasteiger partial charge in [0.2, 0.25) is 0 Å². The topological polar surface area (TPSA) is 47.1 Å². The maximum absolute atomic E-state index is 6.02. The van der Waals surface area contributed by atoms with Crippen LogP contribution in [-0.4, -0.2) is 34.6 Å². The van der Waals surface area contributed by atoms with E-state index in [9.17, 15) is 0 Å². The molecule has 108 valence electrons. The number of rotatable bonds is 7. The van der Waals surface area contributed by atoms with Crippen LogP contribution in [0.5, 0.6) is 0 Å². The summed E-state index contributed by atoms with van der Waals surface area (Å²) in [6, 6.07) is 5.23. The fraction of sp³-hybridized carbons (Fsp3) is 0.533. The highest BCUT2D eigenvalue weighted by molar-refractivity contribution is 7.09. The Morgan fingerprint density at radius 1 is 1.55 bits per heavy atom. The zero-order valence-electron chi connectivity index (χ0n) is 11.9. The van der Waals surface area contributed by atoms with Gasteiger partial charge in [-0.2, -0.15) is 0 Å². The molecular formula is C15H22N4S. The number of aromatic nitrogens is 2. The van der Waals surface area contributed by atoms with Crippen LogP contribution < -0.4 is 5.73 Å². The van der Waals surface area contributed by atoms with Gasteiger partial charge >= 0.3 is 0 Å². The van der Waals surface area contributed by atoms with Gasteiger partial charge in [0.05, 0.1) is 18.1 Å². The Bertz CT molecular complexity index is 530. The molecule has 0 aromatic carbocycles. The predicted molar refractivity (Wildman–Crippen MR) is 82.9 cm³/mol. The van der Waals surface area contributed by atoms with Crippen LogP contribution >= 0.6 is 11.3 Å². The van der Waals surface area contributed by atoms with E-state index in [1.807, 2.05) is 23.9 Å². The average Bonchev–Trinajstić information content (AvgIpc) is 2.98. The van der Waals surface area contributed by atoms with Crippen molar-refractivity contribution in [2.75, 3.05) is 20.1 Å². The van der Waals surface area contributed by atoms with Gasteiger partial charge in [-0.15, -0.1) is 11.3 Å². The van der Waals surface area contributed by atoms with Gasteiger partial charge in [-0.05, 0) is 37.8 Å². The zero-order chi connectivity index (χ0) is 13.9. The molecule has 1 aliphatic carbocycles. The standard InChI is InChI=1S/C15H22N4S/c1-18(7-6-13-3-2-8-20-13)14(9-16)15-10-17-11-19(15)12-4-5-12/h2-3,8,10-12,14H,4-7,9,16H2,1H3. The molecule has 0 bridgehead atoms. The summed E-state index contributed by atoms with van der Waals surface area (Å²) in [6.45, 7) is 1.66. The van der Waals surface area contributed by atoms with Crippen LogP contribution in [0.2, 0.25) is 0 Å². The molecule has 1 unspecified atom stereocenters. The molecular weight excluding hydrogens is 268 g/mol. The molecule has 2 aromatic heterocycles. The Hall–Kier alpha value is -1.17. The van der Waals surface area contributed by atoms with E-state index in [0.717, 1.165) is 13.0 Å². The lowest BCUT2D eigenvalue weighted by molar-refractivity contribution is 0.244. The van der Waals surface area contributed by atoms with E-state index >= 15 is 0 Å². The van der Waals surface area contributed by atoms with Gasteiger partial charge < -0.3 is 10.3 Å². The molecule has 2 N–H and O–H groups in total. The second-order valence-electron chi connectivity index (χ2n) is 5.52. The van der Waals surface area contributed by atoms with Gasteiger partial charge in [0, 0.05) is 30.2 Å². The monoisotopic (exact) mass is 290 g/mol. The van der Waals surface area contributed by atoms with Crippen molar-refractivity contribution in [3.8, 4) is 0 Å². The summed E-state index contributed by atoms with van der Waals surface area (Å²) in [6.07, 6.45) is 7.58. The number of likely N-dealkylation sites (N-methyl/N-ethyl adjacent to an activating group) is 1. The highest BCUT2D eigenvalue weighted by atomic mass is 32.1. The molecule has 0 radical (unpaired) electrons. The number of imidazole rings is 1. The molecule has 1 saturated carbocycles. The van der Waals surface area contributed by atoms with Crippen molar-refractivity contribution < 1.29 is 0 Å². The second kappa shape index (κ2) is 6.08. The lowest BCUT2D eigenvalue weighted by Gasteiger charge is -2.27. The van der Waals surface area contributed by atoms with Crippen molar-refractivity contribution in [1.29, 1.82) is 0 Å². The largest absolute Gasteiger partial charge is 0.330 e. The molecule has 1 fully saturated rings.